The number of nitrogens with zero attached hydrogens (tertiary/aromatic N) is 1. The Morgan fingerprint density at radius 3 is 1.63 bits per heavy atom. The molecule has 0 saturated heterocycles. The molecule has 0 atom stereocenters. The maximum atomic E-state index is 2.41. The van der Waals surface area contributed by atoms with Gasteiger partial charge in [-0.15, -0.1) is 11.3 Å². The summed E-state index contributed by atoms with van der Waals surface area (Å²) in [5.41, 5.74) is 13.1. The van der Waals surface area contributed by atoms with Crippen molar-refractivity contribution in [1.82, 2.24) is 0 Å². The second kappa shape index (κ2) is 13.4. The van der Waals surface area contributed by atoms with Gasteiger partial charge in [-0.1, -0.05) is 170 Å². The van der Waals surface area contributed by atoms with Crippen molar-refractivity contribution in [1.29, 1.82) is 0 Å². The van der Waals surface area contributed by atoms with Gasteiger partial charge in [-0.05, 0) is 121 Å². The second-order valence-electron chi connectivity index (χ2n) is 15.6. The summed E-state index contributed by atoms with van der Waals surface area (Å²) in [5, 5.41) is 7.65. The van der Waals surface area contributed by atoms with Crippen molar-refractivity contribution in [2.45, 2.75) is 5.41 Å². The fraction of sp³-hybridized carbons (Fsp3) is 0.0175. The molecule has 0 radical (unpaired) electrons. The van der Waals surface area contributed by atoms with Crippen molar-refractivity contribution in [3.63, 3.8) is 0 Å². The Kier molecular flexibility index (Phi) is 7.69. The van der Waals surface area contributed by atoms with E-state index in [1.54, 1.807) is 0 Å². The van der Waals surface area contributed by atoms with Crippen LogP contribution in [0.1, 0.15) is 22.3 Å². The van der Waals surface area contributed by atoms with Gasteiger partial charge in [0.1, 0.15) is 0 Å². The van der Waals surface area contributed by atoms with Crippen LogP contribution in [-0.4, -0.2) is 0 Å². The molecular formula is C57H37NS. The van der Waals surface area contributed by atoms with Gasteiger partial charge >= 0.3 is 0 Å². The van der Waals surface area contributed by atoms with E-state index in [0.717, 1.165) is 17.1 Å². The van der Waals surface area contributed by atoms with E-state index in [-0.39, 0.29) is 0 Å². The second-order valence-corrected chi connectivity index (χ2v) is 16.7. The van der Waals surface area contributed by atoms with E-state index >= 15 is 0 Å². The maximum Gasteiger partial charge on any atom is 0.0713 e. The molecule has 12 rings (SSSR count). The van der Waals surface area contributed by atoms with Gasteiger partial charge in [0.2, 0.25) is 0 Å². The summed E-state index contributed by atoms with van der Waals surface area (Å²) in [6.45, 7) is 0. The van der Waals surface area contributed by atoms with Crippen molar-refractivity contribution in [2.24, 2.45) is 0 Å². The summed E-state index contributed by atoms with van der Waals surface area (Å²) in [6, 6.07) is 83.1. The Hall–Kier alpha value is -7.26. The lowest BCUT2D eigenvalue weighted by Gasteiger charge is -2.34. The molecular weight excluding hydrogens is 731 g/mol. The van der Waals surface area contributed by atoms with E-state index < -0.39 is 5.41 Å². The van der Waals surface area contributed by atoms with E-state index in [1.165, 1.54) is 86.2 Å². The topological polar surface area (TPSA) is 3.24 Å². The fourth-order valence-corrected chi connectivity index (χ4v) is 11.0. The highest BCUT2D eigenvalue weighted by molar-refractivity contribution is 7.25. The number of rotatable bonds is 6. The van der Waals surface area contributed by atoms with Crippen LogP contribution >= 0.6 is 11.3 Å². The molecule has 0 N–H and O–H groups in total. The smallest absolute Gasteiger partial charge is 0.0713 e. The van der Waals surface area contributed by atoms with Crippen LogP contribution in [0.4, 0.5) is 17.1 Å². The summed E-state index contributed by atoms with van der Waals surface area (Å²) in [6.07, 6.45) is 0. The van der Waals surface area contributed by atoms with Crippen molar-refractivity contribution < 1.29 is 0 Å². The van der Waals surface area contributed by atoms with E-state index in [1.807, 2.05) is 11.3 Å². The van der Waals surface area contributed by atoms with Gasteiger partial charge in [-0.25, -0.2) is 0 Å². The van der Waals surface area contributed by atoms with Gasteiger partial charge in [0.25, 0.3) is 0 Å². The summed E-state index contributed by atoms with van der Waals surface area (Å²) in [4.78, 5) is 2.41. The molecule has 0 spiro atoms. The normalized spacial score (nSPS) is 12.9. The molecule has 2 heteroatoms. The molecule has 59 heavy (non-hydrogen) atoms. The Balaban J connectivity index is 1.01. The lowest BCUT2D eigenvalue weighted by atomic mass is 9.68. The Labute approximate surface area is 347 Å². The van der Waals surface area contributed by atoms with E-state index in [4.69, 9.17) is 0 Å². The summed E-state index contributed by atoms with van der Waals surface area (Å²) >= 11 is 1.86. The SMILES string of the molecule is c1ccc(C2(c3ccc(N(c4ccc(-c5ccc6sc7ccccc7c6c5)cc4)c4ccc5c(ccc6ccccc65)c4)cc3)c3ccccc3-c3ccccc32)cc1. The van der Waals surface area contributed by atoms with Crippen LogP contribution in [0, 0.1) is 0 Å². The van der Waals surface area contributed by atoms with E-state index in [2.05, 4.69) is 229 Å². The first-order chi connectivity index (χ1) is 29.2. The van der Waals surface area contributed by atoms with Crippen molar-refractivity contribution in [3.05, 3.63) is 247 Å². The number of hydrogen-bond donors (Lipinski definition) is 0. The third-order valence-corrected chi connectivity index (χ3v) is 13.7. The van der Waals surface area contributed by atoms with E-state index in [9.17, 15) is 0 Å². The maximum absolute atomic E-state index is 2.41. The average molecular weight is 768 g/mol. The van der Waals surface area contributed by atoms with E-state index in [0.29, 0.717) is 0 Å². The van der Waals surface area contributed by atoms with Crippen LogP contribution in [0.5, 0.6) is 0 Å². The number of anilines is 3. The minimum absolute atomic E-state index is 0.446. The first kappa shape index (κ1) is 33.8. The average Bonchev–Trinajstić information content (AvgIpc) is 3.83. The predicted molar refractivity (Wildman–Crippen MR) is 252 cm³/mol. The molecule has 1 aliphatic rings. The number of benzene rings is 10. The van der Waals surface area contributed by atoms with Gasteiger partial charge in [0.15, 0.2) is 0 Å². The molecule has 0 saturated carbocycles. The number of thiophene rings is 1. The lowest BCUT2D eigenvalue weighted by molar-refractivity contribution is 0.768. The minimum Gasteiger partial charge on any atom is -0.310 e. The van der Waals surface area contributed by atoms with Crippen LogP contribution < -0.4 is 4.90 Å². The molecule has 1 heterocycles. The Morgan fingerprint density at radius 2 is 0.864 bits per heavy atom. The van der Waals surface area contributed by atoms with Gasteiger partial charge in [0, 0.05) is 37.2 Å². The highest BCUT2D eigenvalue weighted by atomic mass is 32.1. The fourth-order valence-electron chi connectivity index (χ4n) is 9.87. The van der Waals surface area contributed by atoms with Crippen LogP contribution in [0.3, 0.4) is 0 Å². The minimum atomic E-state index is -0.446. The van der Waals surface area contributed by atoms with Crippen LogP contribution in [0.25, 0.3) is 64.0 Å². The van der Waals surface area contributed by atoms with Crippen LogP contribution in [0.15, 0.2) is 224 Å². The largest absolute Gasteiger partial charge is 0.310 e. The first-order valence-electron chi connectivity index (χ1n) is 20.3. The summed E-state index contributed by atoms with van der Waals surface area (Å²) < 4.78 is 2.65. The molecule has 0 unspecified atom stereocenters. The van der Waals surface area contributed by atoms with Crippen molar-refractivity contribution in [3.8, 4) is 22.3 Å². The molecule has 11 aromatic rings. The van der Waals surface area contributed by atoms with Crippen molar-refractivity contribution >= 4 is 70.1 Å². The van der Waals surface area contributed by atoms with Crippen LogP contribution in [0.2, 0.25) is 0 Å². The molecule has 0 fully saturated rings. The first-order valence-corrected chi connectivity index (χ1v) is 21.1. The predicted octanol–water partition coefficient (Wildman–Crippen LogP) is 15.9. The molecule has 276 valence electrons. The molecule has 1 nitrogen and oxygen atoms in total. The third kappa shape index (κ3) is 5.24. The molecule has 0 bridgehead atoms. The van der Waals surface area contributed by atoms with Gasteiger partial charge in [-0.3, -0.25) is 0 Å². The molecule has 1 aliphatic carbocycles. The molecule has 0 aliphatic heterocycles. The lowest BCUT2D eigenvalue weighted by Crippen LogP contribution is -2.28. The van der Waals surface area contributed by atoms with Gasteiger partial charge in [0.05, 0.1) is 5.41 Å². The number of hydrogen-bond acceptors (Lipinski definition) is 2. The molecule has 10 aromatic carbocycles. The Morgan fingerprint density at radius 1 is 0.322 bits per heavy atom. The standard InChI is InChI=1S/C57H37NS/c1-2-13-42(14-3-1)57(53-19-9-6-16-49(53)50-17-7-10-20-54(50)57)43-27-31-45(32-28-43)58(46-33-34-48-41(36-46)23-22-39-12-4-5-15-47(39)48)44-29-24-38(25-30-44)40-26-35-56-52(37-40)51-18-8-11-21-55(51)59-56/h1-37H. The summed E-state index contributed by atoms with van der Waals surface area (Å²) in [7, 11) is 0. The van der Waals surface area contributed by atoms with Crippen molar-refractivity contribution in [2.75, 3.05) is 4.90 Å². The molecule has 0 amide bonds. The quantitative estimate of drug-likeness (QED) is 0.152. The van der Waals surface area contributed by atoms with Gasteiger partial charge in [-0.2, -0.15) is 0 Å². The van der Waals surface area contributed by atoms with Gasteiger partial charge < -0.3 is 4.90 Å². The highest BCUT2D eigenvalue weighted by Crippen LogP contribution is 2.56. The molecule has 1 aromatic heterocycles. The summed E-state index contributed by atoms with van der Waals surface area (Å²) in [5.74, 6) is 0. The zero-order valence-corrected chi connectivity index (χ0v) is 33.0. The third-order valence-electron chi connectivity index (χ3n) is 12.5. The Bertz CT molecular complexity index is 3330. The highest BCUT2D eigenvalue weighted by Gasteiger charge is 2.45. The number of fused-ring (bicyclic) bond motifs is 9. The zero-order valence-electron chi connectivity index (χ0n) is 32.2. The van der Waals surface area contributed by atoms with Crippen LogP contribution in [-0.2, 0) is 5.41 Å². The zero-order chi connectivity index (χ0) is 38.9. The monoisotopic (exact) mass is 767 g/mol.